The second kappa shape index (κ2) is 4.92. The molecule has 1 rings (SSSR count). The Bertz CT molecular complexity index is 274. The molecule has 0 saturated heterocycles. The van der Waals surface area contributed by atoms with Gasteiger partial charge in [-0.3, -0.25) is 4.79 Å². The Morgan fingerprint density at radius 3 is 2.62 bits per heavy atom. The van der Waals surface area contributed by atoms with Crippen molar-refractivity contribution in [3.63, 3.8) is 0 Å². The summed E-state index contributed by atoms with van der Waals surface area (Å²) in [6.07, 6.45) is 0. The van der Waals surface area contributed by atoms with E-state index in [1.54, 1.807) is 0 Å². The van der Waals surface area contributed by atoms with E-state index in [0.29, 0.717) is 6.54 Å². The third-order valence-electron chi connectivity index (χ3n) is 1.73. The normalized spacial score (nSPS) is 12.2. The molecule has 0 bridgehead atoms. The summed E-state index contributed by atoms with van der Waals surface area (Å²) in [6.45, 7) is 2.08. The zero-order valence-corrected chi connectivity index (χ0v) is 8.42. The Kier molecular flexibility index (Phi) is 3.83. The van der Waals surface area contributed by atoms with E-state index in [9.17, 15) is 4.79 Å². The fraction of sp³-hybridized carbons (Fsp3) is 0.300. The first-order chi connectivity index (χ1) is 6.20. The van der Waals surface area contributed by atoms with Crippen LogP contribution in [-0.2, 0) is 4.79 Å². The molecule has 0 radical (unpaired) electrons. The van der Waals surface area contributed by atoms with Gasteiger partial charge >= 0.3 is 0 Å². The van der Waals surface area contributed by atoms with Crippen LogP contribution in [0.1, 0.15) is 17.7 Å². The second-order valence-electron chi connectivity index (χ2n) is 2.86. The molecule has 0 heterocycles. The molecule has 2 nitrogen and oxygen atoms in total. The number of benzene rings is 1. The van der Waals surface area contributed by atoms with Crippen molar-refractivity contribution < 1.29 is 4.79 Å². The Hall–Kier alpha value is -0.960. The zero-order chi connectivity index (χ0) is 9.68. The molecule has 13 heavy (non-hydrogen) atoms. The molecule has 1 atom stereocenters. The maximum Gasteiger partial charge on any atom is 0.216 e. The SMILES string of the molecule is CC(=O)NCC(S)c1ccccc1. The largest absolute Gasteiger partial charge is 0.355 e. The number of carbonyl (C=O) groups excluding carboxylic acids is 1. The molecule has 0 saturated carbocycles. The average molecular weight is 195 g/mol. The summed E-state index contributed by atoms with van der Waals surface area (Å²) in [4.78, 5) is 10.6. The van der Waals surface area contributed by atoms with E-state index in [1.807, 2.05) is 30.3 Å². The molecule has 0 aliphatic carbocycles. The first-order valence-electron chi connectivity index (χ1n) is 4.17. The number of nitrogens with one attached hydrogen (secondary N) is 1. The van der Waals surface area contributed by atoms with Crippen molar-refractivity contribution in [1.29, 1.82) is 0 Å². The standard InChI is InChI=1S/C10H13NOS/c1-8(12)11-7-10(13)9-5-3-2-4-6-9/h2-6,10,13H,7H2,1H3,(H,11,12). The number of rotatable bonds is 3. The van der Waals surface area contributed by atoms with Gasteiger partial charge in [0.05, 0.1) is 0 Å². The minimum Gasteiger partial charge on any atom is -0.355 e. The van der Waals surface area contributed by atoms with Crippen molar-refractivity contribution in [2.45, 2.75) is 12.2 Å². The van der Waals surface area contributed by atoms with Gasteiger partial charge in [0.1, 0.15) is 0 Å². The Balaban J connectivity index is 2.49. The van der Waals surface area contributed by atoms with E-state index in [2.05, 4.69) is 17.9 Å². The van der Waals surface area contributed by atoms with Gasteiger partial charge in [-0.1, -0.05) is 30.3 Å². The molecule has 0 aromatic heterocycles. The topological polar surface area (TPSA) is 29.1 Å². The van der Waals surface area contributed by atoms with E-state index in [4.69, 9.17) is 0 Å². The summed E-state index contributed by atoms with van der Waals surface area (Å²) < 4.78 is 0. The highest BCUT2D eigenvalue weighted by molar-refractivity contribution is 7.80. The van der Waals surface area contributed by atoms with Crippen LogP contribution in [0.5, 0.6) is 0 Å². The lowest BCUT2D eigenvalue weighted by atomic mass is 10.1. The maximum atomic E-state index is 10.6. The molecule has 0 aliphatic heterocycles. The predicted molar refractivity (Wildman–Crippen MR) is 56.9 cm³/mol. The van der Waals surface area contributed by atoms with Gasteiger partial charge in [0.15, 0.2) is 0 Å². The molecule has 1 amide bonds. The van der Waals surface area contributed by atoms with Crippen LogP contribution in [0, 0.1) is 0 Å². The number of carbonyl (C=O) groups is 1. The van der Waals surface area contributed by atoms with Gasteiger partial charge in [-0.2, -0.15) is 12.6 Å². The van der Waals surface area contributed by atoms with E-state index in [-0.39, 0.29) is 11.2 Å². The van der Waals surface area contributed by atoms with Gasteiger partial charge in [0.2, 0.25) is 5.91 Å². The van der Waals surface area contributed by atoms with Crippen LogP contribution in [0.3, 0.4) is 0 Å². The van der Waals surface area contributed by atoms with Crippen LogP contribution >= 0.6 is 12.6 Å². The maximum absolute atomic E-state index is 10.6. The average Bonchev–Trinajstić information content (AvgIpc) is 2.15. The lowest BCUT2D eigenvalue weighted by molar-refractivity contribution is -0.118. The summed E-state index contributed by atoms with van der Waals surface area (Å²) in [5.74, 6) is -0.0185. The number of hydrogen-bond acceptors (Lipinski definition) is 2. The molecule has 70 valence electrons. The van der Waals surface area contributed by atoms with Crippen molar-refractivity contribution in [3.05, 3.63) is 35.9 Å². The summed E-state index contributed by atoms with van der Waals surface area (Å²) in [6, 6.07) is 9.89. The van der Waals surface area contributed by atoms with Gasteiger partial charge in [-0.05, 0) is 5.56 Å². The Morgan fingerprint density at radius 1 is 1.46 bits per heavy atom. The first kappa shape index (κ1) is 10.1. The van der Waals surface area contributed by atoms with Crippen molar-refractivity contribution in [2.24, 2.45) is 0 Å². The minimum atomic E-state index is -0.0185. The lowest BCUT2D eigenvalue weighted by Crippen LogP contribution is -2.23. The van der Waals surface area contributed by atoms with E-state index in [0.717, 1.165) is 5.56 Å². The molecular formula is C10H13NOS. The van der Waals surface area contributed by atoms with Crippen LogP contribution in [0.4, 0.5) is 0 Å². The zero-order valence-electron chi connectivity index (χ0n) is 7.53. The van der Waals surface area contributed by atoms with Crippen LogP contribution < -0.4 is 5.32 Å². The fourth-order valence-corrected chi connectivity index (χ4v) is 1.30. The number of thiol groups is 1. The van der Waals surface area contributed by atoms with Crippen molar-refractivity contribution in [2.75, 3.05) is 6.54 Å². The molecule has 1 aromatic rings. The first-order valence-corrected chi connectivity index (χ1v) is 4.69. The summed E-state index contributed by atoms with van der Waals surface area (Å²) >= 11 is 4.38. The highest BCUT2D eigenvalue weighted by Gasteiger charge is 2.05. The smallest absolute Gasteiger partial charge is 0.216 e. The van der Waals surface area contributed by atoms with Gasteiger partial charge in [-0.25, -0.2) is 0 Å². The van der Waals surface area contributed by atoms with Gasteiger partial charge in [0, 0.05) is 18.7 Å². The van der Waals surface area contributed by atoms with Crippen molar-refractivity contribution in [1.82, 2.24) is 5.32 Å². The summed E-state index contributed by atoms with van der Waals surface area (Å²) in [5, 5.41) is 2.80. The molecule has 1 unspecified atom stereocenters. The highest BCUT2D eigenvalue weighted by Crippen LogP contribution is 2.17. The molecule has 3 heteroatoms. The van der Waals surface area contributed by atoms with Crippen LogP contribution in [0.15, 0.2) is 30.3 Å². The molecule has 0 spiro atoms. The quantitative estimate of drug-likeness (QED) is 0.707. The number of amides is 1. The summed E-state index contributed by atoms with van der Waals surface area (Å²) in [5.41, 5.74) is 1.12. The van der Waals surface area contributed by atoms with Gasteiger partial charge in [0.25, 0.3) is 0 Å². The molecule has 0 aliphatic rings. The summed E-state index contributed by atoms with van der Waals surface area (Å²) in [7, 11) is 0. The molecular weight excluding hydrogens is 182 g/mol. The van der Waals surface area contributed by atoms with Crippen molar-refractivity contribution >= 4 is 18.5 Å². The van der Waals surface area contributed by atoms with E-state index < -0.39 is 0 Å². The van der Waals surface area contributed by atoms with Gasteiger partial charge in [-0.15, -0.1) is 0 Å². The van der Waals surface area contributed by atoms with Crippen LogP contribution in [0.25, 0.3) is 0 Å². The predicted octanol–water partition coefficient (Wildman–Crippen LogP) is 1.79. The Labute approximate surface area is 83.8 Å². The van der Waals surface area contributed by atoms with Gasteiger partial charge < -0.3 is 5.32 Å². The van der Waals surface area contributed by atoms with Crippen LogP contribution in [-0.4, -0.2) is 12.5 Å². The van der Waals surface area contributed by atoms with E-state index >= 15 is 0 Å². The molecule has 1 N–H and O–H groups in total. The number of hydrogen-bond donors (Lipinski definition) is 2. The second-order valence-corrected chi connectivity index (χ2v) is 3.49. The molecule has 0 fully saturated rings. The lowest BCUT2D eigenvalue weighted by Gasteiger charge is -2.10. The Morgan fingerprint density at radius 2 is 2.08 bits per heavy atom. The molecule has 1 aromatic carbocycles. The third kappa shape index (κ3) is 3.51. The highest BCUT2D eigenvalue weighted by atomic mass is 32.1. The van der Waals surface area contributed by atoms with E-state index in [1.165, 1.54) is 6.92 Å². The van der Waals surface area contributed by atoms with Crippen LogP contribution in [0.2, 0.25) is 0 Å². The van der Waals surface area contributed by atoms with Crippen molar-refractivity contribution in [3.8, 4) is 0 Å². The third-order valence-corrected chi connectivity index (χ3v) is 2.21. The minimum absolute atomic E-state index is 0.0185. The fourth-order valence-electron chi connectivity index (χ4n) is 1.03. The monoisotopic (exact) mass is 195 g/mol.